The molecule has 3 aliphatic rings. The molecule has 3 N–H and O–H groups in total. The molecular weight excluding hydrogens is 376 g/mol. The topological polar surface area (TPSA) is 112 Å². The zero-order valence-electron chi connectivity index (χ0n) is 16.2. The van der Waals surface area contributed by atoms with Crippen molar-refractivity contribution in [1.29, 1.82) is 0 Å². The van der Waals surface area contributed by atoms with Crippen LogP contribution >= 0.6 is 11.3 Å². The number of amides is 2. The second kappa shape index (κ2) is 7.50. The Morgan fingerprint density at radius 1 is 1.18 bits per heavy atom. The fourth-order valence-corrected chi connectivity index (χ4v) is 7.23. The van der Waals surface area contributed by atoms with Gasteiger partial charge in [-0.2, -0.15) is 0 Å². The molecule has 0 spiro atoms. The summed E-state index contributed by atoms with van der Waals surface area (Å²) < 4.78 is 0. The molecule has 2 saturated carbocycles. The first-order valence-corrected chi connectivity index (χ1v) is 11.2. The Labute approximate surface area is 168 Å². The molecule has 0 unspecified atom stereocenters. The summed E-state index contributed by atoms with van der Waals surface area (Å²) in [4.78, 5) is 37.9. The van der Waals surface area contributed by atoms with Crippen LogP contribution in [-0.4, -0.2) is 17.8 Å². The summed E-state index contributed by atoms with van der Waals surface area (Å²) in [7, 11) is 0. The van der Waals surface area contributed by atoms with Crippen LogP contribution in [0.3, 0.4) is 0 Å². The molecule has 1 heterocycles. The number of hydrogen-bond donors (Lipinski definition) is 2. The van der Waals surface area contributed by atoms with Crippen LogP contribution in [0.5, 0.6) is 0 Å². The Balaban J connectivity index is 1.59. The maximum absolute atomic E-state index is 13.0. The summed E-state index contributed by atoms with van der Waals surface area (Å²) in [6.45, 7) is 2.17. The monoisotopic (exact) mass is 403 g/mol. The number of carbonyl (C=O) groups excluding carboxylic acids is 3. The maximum Gasteiger partial charge on any atom is 0.251 e. The van der Waals surface area contributed by atoms with Crippen molar-refractivity contribution in [2.45, 2.75) is 58.3 Å². The average molecular weight is 404 g/mol. The van der Waals surface area contributed by atoms with E-state index >= 15 is 0 Å². The molecule has 0 radical (unpaired) electrons. The Morgan fingerprint density at radius 2 is 1.89 bits per heavy atom. The van der Waals surface area contributed by atoms with Crippen molar-refractivity contribution in [2.24, 2.45) is 35.3 Å². The number of nitrogens with two attached hydrogens (primary N) is 1. The molecule has 1 aromatic rings. The van der Waals surface area contributed by atoms with Crippen molar-refractivity contribution in [1.82, 2.24) is 0 Å². The van der Waals surface area contributed by atoms with Crippen LogP contribution in [0.15, 0.2) is 0 Å². The molecule has 2 bridgehead atoms. The molecule has 4 rings (SSSR count). The van der Waals surface area contributed by atoms with Crippen molar-refractivity contribution in [3.8, 4) is 0 Å². The third-order valence-electron chi connectivity index (χ3n) is 7.04. The zero-order chi connectivity index (χ0) is 20.0. The molecule has 0 aliphatic heterocycles. The number of fused-ring (bicyclic) bond motifs is 3. The highest BCUT2D eigenvalue weighted by Crippen LogP contribution is 2.52. The second-order valence-electron chi connectivity index (χ2n) is 8.66. The minimum atomic E-state index is -1.13. The van der Waals surface area contributed by atoms with E-state index in [1.165, 1.54) is 11.3 Å². The molecule has 28 heavy (non-hydrogen) atoms. The number of carboxylic acid groups (broad SMARTS) is 1. The van der Waals surface area contributed by atoms with Gasteiger partial charge in [-0.25, -0.2) is 0 Å². The van der Waals surface area contributed by atoms with Gasteiger partial charge >= 0.3 is 0 Å². The van der Waals surface area contributed by atoms with Crippen LogP contribution in [0, 0.1) is 29.6 Å². The van der Waals surface area contributed by atoms with Gasteiger partial charge in [0.15, 0.2) is 0 Å². The van der Waals surface area contributed by atoms with Crippen LogP contribution in [0.4, 0.5) is 5.00 Å². The molecule has 5 atom stereocenters. The normalized spacial score (nSPS) is 30.8. The zero-order valence-corrected chi connectivity index (χ0v) is 17.0. The Morgan fingerprint density at radius 3 is 2.54 bits per heavy atom. The lowest BCUT2D eigenvalue weighted by Crippen LogP contribution is -2.44. The first-order valence-electron chi connectivity index (χ1n) is 10.4. The van der Waals surface area contributed by atoms with E-state index in [0.717, 1.165) is 61.8 Å². The van der Waals surface area contributed by atoms with Crippen molar-refractivity contribution < 1.29 is 19.5 Å². The van der Waals surface area contributed by atoms with Crippen molar-refractivity contribution >= 4 is 34.1 Å². The lowest BCUT2D eigenvalue weighted by Gasteiger charge is -2.30. The van der Waals surface area contributed by atoms with E-state index in [1.54, 1.807) is 0 Å². The van der Waals surface area contributed by atoms with E-state index in [-0.39, 0.29) is 17.7 Å². The average Bonchev–Trinajstić information content (AvgIpc) is 3.33. The molecule has 3 aliphatic carbocycles. The Bertz CT molecular complexity index is 818. The maximum atomic E-state index is 13.0. The number of aliphatic carboxylic acids is 1. The van der Waals surface area contributed by atoms with E-state index in [9.17, 15) is 19.5 Å². The first kappa shape index (κ1) is 19.4. The number of carboxylic acids is 1. The third-order valence-corrected chi connectivity index (χ3v) is 8.21. The second-order valence-corrected chi connectivity index (χ2v) is 9.77. The standard InChI is InChI=1S/C21H28N2O4S/c1-2-3-10-4-7-13-14(8-10)28-20(17(13)18(22)24)23-19(25)15-11-5-6-12(9-11)16(15)21(26)27/h10-12,15-16H,2-9H2,1H3,(H2,22,24)(H,23,25)(H,26,27)/p-1/t10-,11+,12+,15-,16-/m0/s1. The summed E-state index contributed by atoms with van der Waals surface area (Å²) >= 11 is 1.44. The number of nitrogens with one attached hydrogen (secondary N) is 1. The van der Waals surface area contributed by atoms with Crippen LogP contribution in [0.25, 0.3) is 0 Å². The van der Waals surface area contributed by atoms with Gasteiger partial charge in [0.25, 0.3) is 5.91 Å². The summed E-state index contributed by atoms with van der Waals surface area (Å²) in [5.41, 5.74) is 7.06. The minimum Gasteiger partial charge on any atom is -0.550 e. The van der Waals surface area contributed by atoms with Gasteiger partial charge in [-0.05, 0) is 61.8 Å². The highest BCUT2D eigenvalue weighted by Gasteiger charge is 2.51. The molecule has 0 saturated heterocycles. The van der Waals surface area contributed by atoms with Gasteiger partial charge < -0.3 is 21.0 Å². The van der Waals surface area contributed by atoms with E-state index < -0.39 is 23.7 Å². The number of rotatable bonds is 6. The summed E-state index contributed by atoms with van der Waals surface area (Å²) in [5.74, 6) is -2.51. The largest absolute Gasteiger partial charge is 0.550 e. The summed E-state index contributed by atoms with van der Waals surface area (Å²) in [5, 5.41) is 15.0. The van der Waals surface area contributed by atoms with Crippen LogP contribution in [-0.2, 0) is 22.4 Å². The molecule has 6 nitrogen and oxygen atoms in total. The van der Waals surface area contributed by atoms with E-state index in [0.29, 0.717) is 16.5 Å². The Hall–Kier alpha value is -1.89. The van der Waals surface area contributed by atoms with Gasteiger partial charge in [0.05, 0.1) is 5.56 Å². The molecule has 0 aromatic carbocycles. The number of thiophene rings is 1. The van der Waals surface area contributed by atoms with Crippen molar-refractivity contribution in [3.63, 3.8) is 0 Å². The number of hydrogen-bond acceptors (Lipinski definition) is 5. The molecule has 152 valence electrons. The predicted molar refractivity (Wildman–Crippen MR) is 105 cm³/mol. The van der Waals surface area contributed by atoms with Crippen LogP contribution in [0.1, 0.15) is 66.2 Å². The van der Waals surface area contributed by atoms with Gasteiger partial charge in [-0.15, -0.1) is 11.3 Å². The third kappa shape index (κ3) is 3.23. The van der Waals surface area contributed by atoms with Gasteiger partial charge in [0, 0.05) is 22.7 Å². The van der Waals surface area contributed by atoms with Gasteiger partial charge in [-0.3, -0.25) is 9.59 Å². The van der Waals surface area contributed by atoms with Gasteiger partial charge in [-0.1, -0.05) is 19.8 Å². The lowest BCUT2D eigenvalue weighted by atomic mass is 9.78. The quantitative estimate of drug-likeness (QED) is 0.757. The van der Waals surface area contributed by atoms with E-state index in [1.807, 2.05) is 0 Å². The van der Waals surface area contributed by atoms with Crippen molar-refractivity contribution in [2.75, 3.05) is 5.32 Å². The smallest absolute Gasteiger partial charge is 0.251 e. The number of anilines is 1. The van der Waals surface area contributed by atoms with Gasteiger partial charge in [0.2, 0.25) is 5.91 Å². The van der Waals surface area contributed by atoms with Crippen molar-refractivity contribution in [3.05, 3.63) is 16.0 Å². The summed E-state index contributed by atoms with van der Waals surface area (Å²) in [6, 6.07) is 0. The molecule has 1 aromatic heterocycles. The highest BCUT2D eigenvalue weighted by atomic mass is 32.1. The first-order chi connectivity index (χ1) is 13.4. The lowest BCUT2D eigenvalue weighted by molar-refractivity contribution is -0.314. The highest BCUT2D eigenvalue weighted by molar-refractivity contribution is 7.17. The molecular formula is C21H27N2O4S-. The predicted octanol–water partition coefficient (Wildman–Crippen LogP) is 2.10. The van der Waals surface area contributed by atoms with E-state index in [2.05, 4.69) is 12.2 Å². The SMILES string of the molecule is CCC[C@H]1CCc2c(sc(NC(=O)[C@H]3[C@@H]4CC[C@H](C4)[C@@H]3C(=O)[O-])c2C(N)=O)C1. The van der Waals surface area contributed by atoms with E-state index in [4.69, 9.17) is 5.73 Å². The Kier molecular flexibility index (Phi) is 5.21. The fourth-order valence-electron chi connectivity index (χ4n) is 5.86. The number of primary amides is 1. The van der Waals surface area contributed by atoms with Crippen LogP contribution < -0.4 is 16.2 Å². The molecule has 2 fully saturated rings. The number of carbonyl (C=O) groups is 3. The van der Waals surface area contributed by atoms with Gasteiger partial charge in [0.1, 0.15) is 5.00 Å². The summed E-state index contributed by atoms with van der Waals surface area (Å²) in [6.07, 6.45) is 7.56. The fraction of sp³-hybridized carbons (Fsp3) is 0.667. The molecule has 7 heteroatoms. The molecule has 2 amide bonds. The van der Waals surface area contributed by atoms with Crippen LogP contribution in [0.2, 0.25) is 0 Å². The minimum absolute atomic E-state index is 0.0349.